The summed E-state index contributed by atoms with van der Waals surface area (Å²) in [6, 6.07) is 0.949. The van der Waals surface area contributed by atoms with Crippen LogP contribution in [0.3, 0.4) is 0 Å². The number of nitrogens with zero attached hydrogens (tertiary/aromatic N) is 6. The second-order valence-electron chi connectivity index (χ2n) is 6.35. The number of likely N-dealkylation sites (N-methyl/N-ethyl adjacent to an activating group) is 1. The van der Waals surface area contributed by atoms with Gasteiger partial charge in [0.1, 0.15) is 6.04 Å². The Morgan fingerprint density at radius 2 is 2.07 bits per heavy atom. The van der Waals surface area contributed by atoms with Gasteiger partial charge in [-0.25, -0.2) is 14.8 Å². The molecule has 3 rings (SSSR count). The first-order valence-corrected chi connectivity index (χ1v) is 8.99. The van der Waals surface area contributed by atoms with E-state index in [9.17, 15) is 9.59 Å². The molecule has 0 saturated carbocycles. The average molecular weight is 373 g/mol. The summed E-state index contributed by atoms with van der Waals surface area (Å²) in [5.74, 6) is 0.834. The van der Waals surface area contributed by atoms with Crippen LogP contribution in [0.25, 0.3) is 11.6 Å². The van der Waals surface area contributed by atoms with Crippen molar-refractivity contribution in [3.8, 4) is 11.6 Å². The third kappa shape index (κ3) is 4.39. The summed E-state index contributed by atoms with van der Waals surface area (Å²) in [4.78, 5) is 40.6. The Morgan fingerprint density at radius 1 is 1.30 bits per heavy atom. The zero-order valence-electron chi connectivity index (χ0n) is 15.5. The van der Waals surface area contributed by atoms with Gasteiger partial charge in [0.05, 0.1) is 6.54 Å². The smallest absolute Gasteiger partial charge is 0.318 e. The minimum atomic E-state index is -0.431. The van der Waals surface area contributed by atoms with E-state index in [2.05, 4.69) is 32.3 Å². The van der Waals surface area contributed by atoms with Crippen LogP contribution in [-0.4, -0.2) is 68.0 Å². The van der Waals surface area contributed by atoms with E-state index in [-0.39, 0.29) is 30.2 Å². The summed E-state index contributed by atoms with van der Waals surface area (Å²) in [6.07, 6.45) is 5.68. The Bertz CT molecular complexity index is 780. The highest BCUT2D eigenvalue weighted by Gasteiger charge is 2.35. The van der Waals surface area contributed by atoms with Crippen molar-refractivity contribution in [3.63, 3.8) is 0 Å². The number of piperazine rings is 1. The minimum absolute atomic E-state index is 0.0221. The fraction of sp³-hybridized carbons (Fsp3) is 0.529. The van der Waals surface area contributed by atoms with Crippen molar-refractivity contribution in [2.75, 3.05) is 20.1 Å². The molecule has 27 heavy (non-hydrogen) atoms. The highest BCUT2D eigenvalue weighted by molar-refractivity contribution is 5.88. The van der Waals surface area contributed by atoms with Crippen molar-refractivity contribution >= 4 is 11.9 Å². The Kier molecular flexibility index (Phi) is 5.94. The Hall–Kier alpha value is -3.04. The van der Waals surface area contributed by atoms with Gasteiger partial charge in [-0.05, 0) is 12.5 Å². The molecule has 3 heterocycles. The highest BCUT2D eigenvalue weighted by atomic mass is 16.5. The number of carbonyl (C=O) groups is 2. The van der Waals surface area contributed by atoms with Crippen molar-refractivity contribution in [2.24, 2.45) is 0 Å². The van der Waals surface area contributed by atoms with Crippen LogP contribution in [0.4, 0.5) is 4.79 Å². The van der Waals surface area contributed by atoms with Gasteiger partial charge in [-0.1, -0.05) is 24.9 Å². The van der Waals surface area contributed by atoms with Gasteiger partial charge < -0.3 is 19.6 Å². The van der Waals surface area contributed by atoms with E-state index < -0.39 is 6.04 Å². The molecule has 0 aliphatic carbocycles. The van der Waals surface area contributed by atoms with Crippen LogP contribution >= 0.6 is 0 Å². The summed E-state index contributed by atoms with van der Waals surface area (Å²) < 4.78 is 5.14. The summed E-state index contributed by atoms with van der Waals surface area (Å²) in [5, 5.41) is 6.57. The summed E-state index contributed by atoms with van der Waals surface area (Å²) >= 11 is 0. The molecule has 1 fully saturated rings. The van der Waals surface area contributed by atoms with Gasteiger partial charge in [0.15, 0.2) is 0 Å². The molecule has 0 radical (unpaired) electrons. The first kappa shape index (κ1) is 18.7. The van der Waals surface area contributed by atoms with E-state index >= 15 is 0 Å². The van der Waals surface area contributed by atoms with Crippen LogP contribution in [0.1, 0.15) is 32.1 Å². The van der Waals surface area contributed by atoms with E-state index in [1.165, 1.54) is 0 Å². The van der Waals surface area contributed by atoms with Crippen molar-refractivity contribution in [3.05, 3.63) is 24.4 Å². The van der Waals surface area contributed by atoms with Crippen LogP contribution in [0.15, 0.2) is 23.0 Å². The molecule has 3 amide bonds. The highest BCUT2D eigenvalue weighted by Crippen LogP contribution is 2.16. The zero-order chi connectivity index (χ0) is 19.2. The molecular formula is C17H23N7O3. The maximum absolute atomic E-state index is 12.6. The number of unbranched alkanes of at least 4 members (excludes halogenated alkanes) is 1. The second kappa shape index (κ2) is 8.56. The second-order valence-corrected chi connectivity index (χ2v) is 6.35. The minimum Gasteiger partial charge on any atom is -0.342 e. The fourth-order valence-electron chi connectivity index (χ4n) is 2.92. The number of nitrogens with one attached hydrogen (secondary N) is 1. The Balaban J connectivity index is 1.61. The molecule has 2 aromatic rings. The van der Waals surface area contributed by atoms with E-state index in [0.717, 1.165) is 12.8 Å². The third-order valence-corrected chi connectivity index (χ3v) is 4.43. The molecule has 0 aromatic carbocycles. The van der Waals surface area contributed by atoms with Crippen molar-refractivity contribution in [2.45, 2.75) is 38.8 Å². The van der Waals surface area contributed by atoms with E-state index in [0.29, 0.717) is 25.3 Å². The standard InChI is InChI=1S/C17H23N7O3/c1-3-4-6-12-16(25)23(2)9-10-24(12)17(26)20-11-13-21-15(22-27-13)14-18-7-5-8-19-14/h5,7-8,12H,3-4,6,9-11H2,1-2H3,(H,20,26)/t12-/m1/s1. The van der Waals surface area contributed by atoms with Gasteiger partial charge in [-0.15, -0.1) is 0 Å². The predicted octanol–water partition coefficient (Wildman–Crippen LogP) is 1.07. The maximum atomic E-state index is 12.6. The summed E-state index contributed by atoms with van der Waals surface area (Å²) in [5.41, 5.74) is 0. The lowest BCUT2D eigenvalue weighted by Gasteiger charge is -2.39. The fourth-order valence-corrected chi connectivity index (χ4v) is 2.92. The molecule has 10 nitrogen and oxygen atoms in total. The number of carbonyl (C=O) groups excluding carboxylic acids is 2. The van der Waals surface area contributed by atoms with Crippen molar-refractivity contribution in [1.82, 2.24) is 35.2 Å². The van der Waals surface area contributed by atoms with E-state index in [1.807, 2.05) is 0 Å². The lowest BCUT2D eigenvalue weighted by molar-refractivity contribution is -0.138. The summed E-state index contributed by atoms with van der Waals surface area (Å²) in [7, 11) is 1.77. The lowest BCUT2D eigenvalue weighted by Crippen LogP contribution is -2.59. The number of aromatic nitrogens is 4. The molecule has 1 aliphatic rings. The topological polar surface area (TPSA) is 117 Å². The lowest BCUT2D eigenvalue weighted by atomic mass is 10.0. The van der Waals surface area contributed by atoms with Gasteiger partial charge in [-0.3, -0.25) is 4.79 Å². The molecule has 0 unspecified atom stereocenters. The monoisotopic (exact) mass is 373 g/mol. The SMILES string of the molecule is CCCC[C@@H]1C(=O)N(C)CCN1C(=O)NCc1nc(-c2ncccn2)no1. The zero-order valence-corrected chi connectivity index (χ0v) is 15.5. The first-order valence-electron chi connectivity index (χ1n) is 8.99. The quantitative estimate of drug-likeness (QED) is 0.805. The molecule has 1 atom stereocenters. The Morgan fingerprint density at radius 3 is 2.81 bits per heavy atom. The van der Waals surface area contributed by atoms with Crippen LogP contribution in [0, 0.1) is 0 Å². The first-order chi connectivity index (χ1) is 13.1. The number of rotatable bonds is 6. The molecule has 0 bridgehead atoms. The van der Waals surface area contributed by atoms with Gasteiger partial charge in [-0.2, -0.15) is 4.98 Å². The summed E-state index contributed by atoms with van der Waals surface area (Å²) in [6.45, 7) is 3.14. The van der Waals surface area contributed by atoms with Gasteiger partial charge >= 0.3 is 6.03 Å². The number of hydrogen-bond donors (Lipinski definition) is 1. The molecule has 1 N–H and O–H groups in total. The van der Waals surface area contributed by atoms with E-state index in [1.54, 1.807) is 35.3 Å². The van der Waals surface area contributed by atoms with Crippen molar-refractivity contribution in [1.29, 1.82) is 0 Å². The molecule has 2 aromatic heterocycles. The van der Waals surface area contributed by atoms with Gasteiger partial charge in [0.2, 0.25) is 23.4 Å². The number of hydrogen-bond acceptors (Lipinski definition) is 7. The van der Waals surface area contributed by atoms with Crippen LogP contribution in [0.5, 0.6) is 0 Å². The van der Waals surface area contributed by atoms with Crippen LogP contribution < -0.4 is 5.32 Å². The van der Waals surface area contributed by atoms with Gasteiger partial charge in [0.25, 0.3) is 0 Å². The Labute approximate surface area is 157 Å². The largest absolute Gasteiger partial charge is 0.342 e. The molecule has 10 heteroatoms. The molecule has 144 valence electrons. The molecule has 0 spiro atoms. The van der Waals surface area contributed by atoms with E-state index in [4.69, 9.17) is 4.52 Å². The van der Waals surface area contributed by atoms with Crippen LogP contribution in [-0.2, 0) is 11.3 Å². The molecule has 1 aliphatic heterocycles. The van der Waals surface area contributed by atoms with Crippen molar-refractivity contribution < 1.29 is 14.1 Å². The van der Waals surface area contributed by atoms with Gasteiger partial charge in [0, 0.05) is 32.5 Å². The molecule has 1 saturated heterocycles. The normalized spacial score (nSPS) is 17.3. The maximum Gasteiger partial charge on any atom is 0.318 e. The third-order valence-electron chi connectivity index (χ3n) is 4.43. The number of amides is 3. The predicted molar refractivity (Wildman–Crippen MR) is 95.2 cm³/mol. The average Bonchev–Trinajstić information content (AvgIpc) is 3.17. The van der Waals surface area contributed by atoms with Crippen LogP contribution in [0.2, 0.25) is 0 Å². The number of urea groups is 1. The molecular weight excluding hydrogens is 350 g/mol.